The number of methoxy groups -OCH3 is 1. The van der Waals surface area contributed by atoms with Crippen LogP contribution in [0.5, 0.6) is 5.75 Å². The summed E-state index contributed by atoms with van der Waals surface area (Å²) in [5.74, 6) is 0.311. The molecule has 0 saturated carbocycles. The van der Waals surface area contributed by atoms with E-state index in [1.807, 2.05) is 24.3 Å². The van der Waals surface area contributed by atoms with Gasteiger partial charge in [-0.1, -0.05) is 23.7 Å². The summed E-state index contributed by atoms with van der Waals surface area (Å²) in [6.07, 6.45) is 1.29. The van der Waals surface area contributed by atoms with Gasteiger partial charge >= 0.3 is 0 Å². The largest absolute Gasteiger partial charge is 0.507 e. The molecule has 0 fully saturated rings. The standard InChI is InChI=1S/C25H20ClN3O4/c1-33-19-4-2-3-15(11-19)14-27-24(31)17-7-10-20-21(12-17)29-25(32)22(28-20)13-23(30)16-5-8-18(26)9-6-16/h2-13,30H,14H2,1H3,(H,27,31)(H,29,32). The smallest absolute Gasteiger partial charge is 0.274 e. The van der Waals surface area contributed by atoms with Gasteiger partial charge in [-0.15, -0.1) is 0 Å². The van der Waals surface area contributed by atoms with Gasteiger partial charge in [0.2, 0.25) is 0 Å². The number of rotatable bonds is 6. The summed E-state index contributed by atoms with van der Waals surface area (Å²) < 4.78 is 5.19. The van der Waals surface area contributed by atoms with Gasteiger partial charge in [-0.2, -0.15) is 0 Å². The van der Waals surface area contributed by atoms with Crippen molar-refractivity contribution in [2.75, 3.05) is 7.11 Å². The van der Waals surface area contributed by atoms with Gasteiger partial charge in [-0.05, 0) is 60.2 Å². The van der Waals surface area contributed by atoms with Crippen LogP contribution in [-0.4, -0.2) is 28.1 Å². The van der Waals surface area contributed by atoms with Crippen molar-refractivity contribution in [3.63, 3.8) is 0 Å². The van der Waals surface area contributed by atoms with Crippen molar-refractivity contribution in [3.8, 4) is 5.75 Å². The summed E-state index contributed by atoms with van der Waals surface area (Å²) in [4.78, 5) is 32.1. The summed E-state index contributed by atoms with van der Waals surface area (Å²) >= 11 is 5.86. The Morgan fingerprint density at radius 2 is 1.88 bits per heavy atom. The second-order valence-electron chi connectivity index (χ2n) is 7.25. The zero-order chi connectivity index (χ0) is 23.4. The number of halogens is 1. The van der Waals surface area contributed by atoms with Crippen molar-refractivity contribution >= 4 is 40.4 Å². The van der Waals surface area contributed by atoms with Crippen molar-refractivity contribution in [2.24, 2.45) is 0 Å². The monoisotopic (exact) mass is 461 g/mol. The molecule has 3 aromatic carbocycles. The number of hydrogen-bond acceptors (Lipinski definition) is 5. The Labute approximate surface area is 194 Å². The highest BCUT2D eigenvalue weighted by atomic mass is 35.5. The van der Waals surface area contributed by atoms with Crippen LogP contribution in [0.25, 0.3) is 22.9 Å². The molecule has 0 unspecified atom stereocenters. The second kappa shape index (κ2) is 9.58. The van der Waals surface area contributed by atoms with Crippen molar-refractivity contribution < 1.29 is 14.6 Å². The van der Waals surface area contributed by atoms with Crippen LogP contribution in [0.1, 0.15) is 27.2 Å². The Kier molecular flexibility index (Phi) is 6.42. The number of hydrogen-bond donors (Lipinski definition) is 3. The lowest BCUT2D eigenvalue weighted by Gasteiger charge is -2.08. The van der Waals surface area contributed by atoms with E-state index in [1.165, 1.54) is 6.08 Å². The predicted octanol–water partition coefficient (Wildman–Crippen LogP) is 4.57. The average Bonchev–Trinajstić information content (AvgIpc) is 2.83. The topological polar surface area (TPSA) is 104 Å². The third-order valence-electron chi connectivity index (χ3n) is 4.98. The van der Waals surface area contributed by atoms with Gasteiger partial charge in [0, 0.05) is 28.8 Å². The number of aliphatic hydroxyl groups excluding tert-OH is 1. The van der Waals surface area contributed by atoms with Crippen LogP contribution < -0.4 is 15.6 Å². The molecule has 0 saturated heterocycles. The Morgan fingerprint density at radius 1 is 1.12 bits per heavy atom. The molecule has 0 aliphatic rings. The number of amides is 1. The molecule has 4 aromatic rings. The lowest BCUT2D eigenvalue weighted by atomic mass is 10.1. The molecule has 0 aliphatic heterocycles. The molecule has 0 aliphatic carbocycles. The van der Waals surface area contributed by atoms with Gasteiger partial charge in [0.05, 0.1) is 18.1 Å². The first-order chi connectivity index (χ1) is 15.9. The average molecular weight is 462 g/mol. The molecule has 33 heavy (non-hydrogen) atoms. The van der Waals surface area contributed by atoms with E-state index in [0.717, 1.165) is 5.56 Å². The number of carbonyl (C=O) groups excluding carboxylic acids is 1. The first-order valence-electron chi connectivity index (χ1n) is 10.0. The highest BCUT2D eigenvalue weighted by molar-refractivity contribution is 6.30. The normalized spacial score (nSPS) is 11.4. The minimum absolute atomic E-state index is 0.0465. The third kappa shape index (κ3) is 5.22. The maximum atomic E-state index is 12.6. The highest BCUT2D eigenvalue weighted by Crippen LogP contribution is 2.18. The highest BCUT2D eigenvalue weighted by Gasteiger charge is 2.10. The van der Waals surface area contributed by atoms with Gasteiger partial charge in [0.1, 0.15) is 17.2 Å². The number of aromatic amines is 1. The van der Waals surface area contributed by atoms with E-state index in [1.54, 1.807) is 49.6 Å². The van der Waals surface area contributed by atoms with E-state index in [2.05, 4.69) is 15.3 Å². The predicted molar refractivity (Wildman–Crippen MR) is 128 cm³/mol. The molecule has 0 atom stereocenters. The van der Waals surface area contributed by atoms with E-state index in [0.29, 0.717) is 39.5 Å². The fourth-order valence-electron chi connectivity index (χ4n) is 3.24. The number of aliphatic hydroxyl groups is 1. The maximum absolute atomic E-state index is 12.6. The molecule has 0 bridgehead atoms. The van der Waals surface area contributed by atoms with E-state index >= 15 is 0 Å². The van der Waals surface area contributed by atoms with Gasteiger partial charge in [-0.25, -0.2) is 4.98 Å². The number of nitrogens with one attached hydrogen (secondary N) is 2. The first-order valence-corrected chi connectivity index (χ1v) is 10.4. The van der Waals surface area contributed by atoms with Gasteiger partial charge < -0.3 is 20.1 Å². The molecule has 8 heteroatoms. The van der Waals surface area contributed by atoms with Crippen LogP contribution in [0, 0.1) is 0 Å². The van der Waals surface area contributed by atoms with Crippen molar-refractivity contribution in [1.82, 2.24) is 15.3 Å². The summed E-state index contributed by atoms with van der Waals surface area (Å²) in [7, 11) is 1.59. The van der Waals surface area contributed by atoms with E-state index in [-0.39, 0.29) is 17.4 Å². The molecule has 4 rings (SSSR count). The molecule has 3 N–H and O–H groups in total. The number of nitrogens with zero attached hydrogens (tertiary/aromatic N) is 1. The quantitative estimate of drug-likeness (QED) is 0.365. The van der Waals surface area contributed by atoms with Gasteiger partial charge in [0.15, 0.2) is 0 Å². The lowest BCUT2D eigenvalue weighted by molar-refractivity contribution is 0.0951. The maximum Gasteiger partial charge on any atom is 0.274 e. The summed E-state index contributed by atoms with van der Waals surface area (Å²) in [6.45, 7) is 0.330. The second-order valence-corrected chi connectivity index (χ2v) is 7.69. The SMILES string of the molecule is COc1cccc(CNC(=O)c2ccc3nc(C=C(O)c4ccc(Cl)cc4)c(=O)[nH]c3c2)c1. The Hall–Kier alpha value is -4.10. The Balaban J connectivity index is 1.54. The third-order valence-corrected chi connectivity index (χ3v) is 5.23. The van der Waals surface area contributed by atoms with Crippen LogP contribution in [0.15, 0.2) is 71.5 Å². The van der Waals surface area contributed by atoms with Crippen molar-refractivity contribution in [3.05, 3.63) is 104 Å². The van der Waals surface area contributed by atoms with Gasteiger partial charge in [-0.3, -0.25) is 9.59 Å². The Morgan fingerprint density at radius 3 is 2.64 bits per heavy atom. The van der Waals surface area contributed by atoms with E-state index in [4.69, 9.17) is 16.3 Å². The lowest BCUT2D eigenvalue weighted by Crippen LogP contribution is -2.23. The zero-order valence-corrected chi connectivity index (χ0v) is 18.4. The minimum atomic E-state index is -0.489. The van der Waals surface area contributed by atoms with Gasteiger partial charge in [0.25, 0.3) is 11.5 Å². The molecule has 166 valence electrons. The van der Waals surface area contributed by atoms with Crippen molar-refractivity contribution in [1.29, 1.82) is 0 Å². The number of H-pyrrole nitrogens is 1. The number of fused-ring (bicyclic) bond motifs is 1. The fourth-order valence-corrected chi connectivity index (χ4v) is 3.37. The van der Waals surface area contributed by atoms with Crippen LogP contribution in [0.3, 0.4) is 0 Å². The number of ether oxygens (including phenoxy) is 1. The number of benzene rings is 3. The molecule has 0 spiro atoms. The molecule has 1 aromatic heterocycles. The molecule has 1 heterocycles. The van der Waals surface area contributed by atoms with Crippen LogP contribution in [0.2, 0.25) is 5.02 Å². The van der Waals surface area contributed by atoms with Crippen LogP contribution >= 0.6 is 11.6 Å². The van der Waals surface area contributed by atoms with Crippen molar-refractivity contribution in [2.45, 2.75) is 6.54 Å². The minimum Gasteiger partial charge on any atom is -0.507 e. The van der Waals surface area contributed by atoms with Crippen LogP contribution in [-0.2, 0) is 6.54 Å². The first kappa shape index (κ1) is 22.1. The molecular weight excluding hydrogens is 442 g/mol. The fraction of sp³-hybridized carbons (Fsp3) is 0.0800. The summed E-state index contributed by atoms with van der Waals surface area (Å²) in [5.41, 5.74) is 2.24. The molecule has 1 amide bonds. The Bertz CT molecular complexity index is 1410. The number of aromatic nitrogens is 2. The molecule has 7 nitrogen and oxygen atoms in total. The van der Waals surface area contributed by atoms with E-state index in [9.17, 15) is 14.7 Å². The number of carbonyl (C=O) groups is 1. The zero-order valence-electron chi connectivity index (χ0n) is 17.6. The molecular formula is C25H20ClN3O4. The molecule has 0 radical (unpaired) electrons. The summed E-state index contributed by atoms with van der Waals surface area (Å²) in [6, 6.07) is 18.8. The van der Waals surface area contributed by atoms with E-state index < -0.39 is 5.56 Å². The summed E-state index contributed by atoms with van der Waals surface area (Å²) in [5, 5.41) is 13.7. The van der Waals surface area contributed by atoms with Crippen LogP contribution in [0.4, 0.5) is 0 Å².